The quantitative estimate of drug-likeness (QED) is 0.812. The smallest absolute Gasteiger partial charge is 0.261 e. The molecule has 0 saturated carbocycles. The molecule has 0 bridgehead atoms. The summed E-state index contributed by atoms with van der Waals surface area (Å²) in [6, 6.07) is 9.26. The van der Waals surface area contributed by atoms with Crippen molar-refractivity contribution in [3.05, 3.63) is 46.2 Å². The number of hydrogen-bond donors (Lipinski definition) is 2. The number of amides is 1. The van der Waals surface area contributed by atoms with Gasteiger partial charge in [-0.15, -0.1) is 0 Å². The van der Waals surface area contributed by atoms with E-state index in [1.165, 1.54) is 0 Å². The number of nitrogens with zero attached hydrogens (tertiary/aromatic N) is 1. The summed E-state index contributed by atoms with van der Waals surface area (Å²) in [5.74, 6) is -0.189. The van der Waals surface area contributed by atoms with Gasteiger partial charge >= 0.3 is 0 Å². The topological polar surface area (TPSA) is 65.2 Å². The molecule has 3 rings (SSSR count). The molecular formula is C15H17N3O2. The van der Waals surface area contributed by atoms with Crippen molar-refractivity contribution in [3.8, 4) is 0 Å². The number of H-pyrrole nitrogens is 1. The summed E-state index contributed by atoms with van der Waals surface area (Å²) < 4.78 is 0. The van der Waals surface area contributed by atoms with Crippen LogP contribution in [-0.4, -0.2) is 41.5 Å². The largest absolute Gasteiger partial charge is 0.333 e. The summed E-state index contributed by atoms with van der Waals surface area (Å²) in [4.78, 5) is 29.2. The van der Waals surface area contributed by atoms with Crippen LogP contribution in [0.15, 0.2) is 35.1 Å². The number of nitrogens with one attached hydrogen (secondary N) is 2. The number of aromatic amines is 1. The second kappa shape index (κ2) is 5.09. The molecule has 1 fully saturated rings. The Balaban J connectivity index is 2.02. The monoisotopic (exact) mass is 271 g/mol. The maximum absolute atomic E-state index is 12.6. The normalized spacial score (nSPS) is 19.2. The number of fused-ring (bicyclic) bond motifs is 1. The molecule has 0 aliphatic carbocycles. The lowest BCUT2D eigenvalue weighted by Gasteiger charge is -2.33. The molecule has 1 aromatic heterocycles. The fourth-order valence-electron chi connectivity index (χ4n) is 2.60. The lowest BCUT2D eigenvalue weighted by atomic mass is 10.1. The zero-order valence-electron chi connectivity index (χ0n) is 11.3. The van der Waals surface area contributed by atoms with Gasteiger partial charge in [-0.2, -0.15) is 0 Å². The summed E-state index contributed by atoms with van der Waals surface area (Å²) in [5, 5.41) is 4.11. The summed E-state index contributed by atoms with van der Waals surface area (Å²) in [6.45, 7) is 4.14. The number of rotatable bonds is 1. The van der Waals surface area contributed by atoms with E-state index in [-0.39, 0.29) is 23.1 Å². The van der Waals surface area contributed by atoms with E-state index < -0.39 is 0 Å². The van der Waals surface area contributed by atoms with Crippen LogP contribution >= 0.6 is 0 Å². The van der Waals surface area contributed by atoms with Crippen molar-refractivity contribution in [1.29, 1.82) is 0 Å². The molecule has 1 amide bonds. The molecule has 5 nitrogen and oxygen atoms in total. The van der Waals surface area contributed by atoms with Crippen molar-refractivity contribution in [2.45, 2.75) is 13.0 Å². The minimum absolute atomic E-state index is 0.0992. The average Bonchev–Trinajstić information content (AvgIpc) is 2.46. The molecule has 20 heavy (non-hydrogen) atoms. The molecule has 2 heterocycles. The predicted octanol–water partition coefficient (Wildman–Crippen LogP) is 0.962. The second-order valence-electron chi connectivity index (χ2n) is 5.15. The minimum atomic E-state index is -0.320. The second-order valence-corrected chi connectivity index (χ2v) is 5.15. The van der Waals surface area contributed by atoms with Gasteiger partial charge in [-0.05, 0) is 24.4 Å². The zero-order chi connectivity index (χ0) is 14.1. The molecule has 0 unspecified atom stereocenters. The maximum atomic E-state index is 12.6. The number of pyridine rings is 1. The first-order valence-corrected chi connectivity index (χ1v) is 6.80. The highest BCUT2D eigenvalue weighted by atomic mass is 16.2. The van der Waals surface area contributed by atoms with Gasteiger partial charge in [0.1, 0.15) is 5.56 Å². The molecule has 1 aromatic carbocycles. The zero-order valence-corrected chi connectivity index (χ0v) is 11.3. The Hall–Kier alpha value is -2.14. The fourth-order valence-corrected chi connectivity index (χ4v) is 2.60. The van der Waals surface area contributed by atoms with E-state index in [4.69, 9.17) is 0 Å². The molecule has 0 spiro atoms. The maximum Gasteiger partial charge on any atom is 0.261 e. The van der Waals surface area contributed by atoms with Crippen LogP contribution in [0.2, 0.25) is 0 Å². The summed E-state index contributed by atoms with van der Waals surface area (Å²) in [7, 11) is 0. The van der Waals surface area contributed by atoms with Gasteiger partial charge in [0, 0.05) is 31.2 Å². The summed E-state index contributed by atoms with van der Waals surface area (Å²) in [6.07, 6.45) is 0. The van der Waals surface area contributed by atoms with Crippen molar-refractivity contribution >= 4 is 16.8 Å². The number of carbonyl (C=O) groups is 1. The van der Waals surface area contributed by atoms with Gasteiger partial charge in [-0.3, -0.25) is 9.59 Å². The minimum Gasteiger partial charge on any atom is -0.333 e. The number of benzene rings is 1. The van der Waals surface area contributed by atoms with E-state index >= 15 is 0 Å². The molecule has 2 N–H and O–H groups in total. The van der Waals surface area contributed by atoms with Crippen LogP contribution in [0.1, 0.15) is 17.3 Å². The molecule has 1 atom stereocenters. The average molecular weight is 271 g/mol. The molecule has 1 aliphatic heterocycles. The highest BCUT2D eigenvalue weighted by Crippen LogP contribution is 2.13. The highest BCUT2D eigenvalue weighted by Gasteiger charge is 2.25. The standard InChI is InChI=1S/C15H17N3O2/c1-10-9-16-6-7-18(10)15(20)12-8-11-4-2-3-5-13(11)17-14(12)19/h2-5,8,10,16H,6-7,9H2,1H3,(H,17,19)/t10-/m0/s1. The lowest BCUT2D eigenvalue weighted by Crippen LogP contribution is -2.53. The van der Waals surface area contributed by atoms with Crippen LogP contribution in [0.5, 0.6) is 0 Å². The van der Waals surface area contributed by atoms with Gasteiger partial charge in [0.2, 0.25) is 0 Å². The van der Waals surface area contributed by atoms with Gasteiger partial charge in [0.25, 0.3) is 11.5 Å². The van der Waals surface area contributed by atoms with Crippen molar-refractivity contribution in [1.82, 2.24) is 15.2 Å². The van der Waals surface area contributed by atoms with Crippen molar-refractivity contribution < 1.29 is 4.79 Å². The van der Waals surface area contributed by atoms with E-state index in [1.807, 2.05) is 31.2 Å². The lowest BCUT2D eigenvalue weighted by molar-refractivity contribution is 0.0654. The number of piperazine rings is 1. The third-order valence-electron chi connectivity index (χ3n) is 3.75. The molecule has 5 heteroatoms. The SMILES string of the molecule is C[C@H]1CNCCN1C(=O)c1cc2ccccc2[nH]c1=O. The summed E-state index contributed by atoms with van der Waals surface area (Å²) in [5.41, 5.74) is 0.652. The number of carbonyl (C=O) groups excluding carboxylic acids is 1. The number of hydrogen-bond acceptors (Lipinski definition) is 3. The van der Waals surface area contributed by atoms with Crippen molar-refractivity contribution in [2.24, 2.45) is 0 Å². The van der Waals surface area contributed by atoms with Gasteiger partial charge in [0.15, 0.2) is 0 Å². The Morgan fingerprint density at radius 3 is 2.95 bits per heavy atom. The first kappa shape index (κ1) is 12.9. The predicted molar refractivity (Wildman–Crippen MR) is 77.9 cm³/mol. The summed E-state index contributed by atoms with van der Waals surface area (Å²) >= 11 is 0. The first-order chi connectivity index (χ1) is 9.66. The van der Waals surface area contributed by atoms with Crippen LogP contribution in [0.25, 0.3) is 10.9 Å². The number of para-hydroxylation sites is 1. The van der Waals surface area contributed by atoms with Gasteiger partial charge in [0.05, 0.1) is 0 Å². The molecule has 1 saturated heterocycles. The Morgan fingerprint density at radius 2 is 2.15 bits per heavy atom. The van der Waals surface area contributed by atoms with Gasteiger partial charge in [-0.25, -0.2) is 0 Å². The van der Waals surface area contributed by atoms with Gasteiger partial charge in [-0.1, -0.05) is 18.2 Å². The molecule has 1 aliphatic rings. The van der Waals surface area contributed by atoms with Crippen LogP contribution in [0.4, 0.5) is 0 Å². The molecular weight excluding hydrogens is 254 g/mol. The molecule has 2 aromatic rings. The van der Waals surface area contributed by atoms with Crippen LogP contribution in [-0.2, 0) is 0 Å². The van der Waals surface area contributed by atoms with E-state index in [9.17, 15) is 9.59 Å². The number of aromatic nitrogens is 1. The van der Waals surface area contributed by atoms with Crippen molar-refractivity contribution in [3.63, 3.8) is 0 Å². The molecule has 0 radical (unpaired) electrons. The third-order valence-corrected chi connectivity index (χ3v) is 3.75. The van der Waals surface area contributed by atoms with E-state index in [2.05, 4.69) is 10.3 Å². The Kier molecular flexibility index (Phi) is 3.28. The third kappa shape index (κ3) is 2.20. The van der Waals surface area contributed by atoms with Gasteiger partial charge < -0.3 is 15.2 Å². The molecule has 104 valence electrons. The van der Waals surface area contributed by atoms with Crippen LogP contribution in [0, 0.1) is 0 Å². The van der Waals surface area contributed by atoms with E-state index in [0.29, 0.717) is 6.54 Å². The van der Waals surface area contributed by atoms with Crippen LogP contribution < -0.4 is 10.9 Å². The Labute approximate surface area is 116 Å². The Bertz CT molecular complexity index is 708. The van der Waals surface area contributed by atoms with Crippen molar-refractivity contribution in [2.75, 3.05) is 19.6 Å². The van der Waals surface area contributed by atoms with E-state index in [0.717, 1.165) is 24.0 Å². The Morgan fingerprint density at radius 1 is 1.35 bits per heavy atom. The first-order valence-electron chi connectivity index (χ1n) is 6.80. The van der Waals surface area contributed by atoms with E-state index in [1.54, 1.807) is 11.0 Å². The fraction of sp³-hybridized carbons (Fsp3) is 0.333. The highest BCUT2D eigenvalue weighted by molar-refractivity contribution is 5.97. The van der Waals surface area contributed by atoms with Crippen LogP contribution in [0.3, 0.4) is 0 Å².